The van der Waals surface area contributed by atoms with Crippen LogP contribution in [0.3, 0.4) is 0 Å². The van der Waals surface area contributed by atoms with Gasteiger partial charge in [0.25, 0.3) is 0 Å². The van der Waals surface area contributed by atoms with E-state index in [1.54, 1.807) is 0 Å². The van der Waals surface area contributed by atoms with E-state index in [1.807, 2.05) is 43.4 Å². The van der Waals surface area contributed by atoms with Crippen LogP contribution in [0.15, 0.2) is 54.6 Å². The molecule has 1 N–H and O–H groups in total. The van der Waals surface area contributed by atoms with Gasteiger partial charge in [-0.2, -0.15) is 0 Å². The maximum atomic E-state index is 6.02. The predicted octanol–water partition coefficient (Wildman–Crippen LogP) is 4.05. The zero-order valence-electron chi connectivity index (χ0n) is 12.3. The van der Waals surface area contributed by atoms with Crippen molar-refractivity contribution < 1.29 is 4.74 Å². The fourth-order valence-electron chi connectivity index (χ4n) is 2.36. The third-order valence-electron chi connectivity index (χ3n) is 3.32. The molecule has 0 aliphatic rings. The van der Waals surface area contributed by atoms with E-state index in [4.69, 9.17) is 4.74 Å². The molecule has 0 bridgehead atoms. The zero-order chi connectivity index (χ0) is 14.7. The molecule has 0 spiro atoms. The second-order valence-corrected chi connectivity index (χ2v) is 5.09. The zero-order valence-corrected chi connectivity index (χ0v) is 12.3. The molecule has 0 atom stereocenters. The molecule has 0 aliphatic heterocycles. The number of rotatable bonds is 4. The summed E-state index contributed by atoms with van der Waals surface area (Å²) in [4.78, 5) is 4.63. The van der Waals surface area contributed by atoms with Gasteiger partial charge < -0.3 is 10.1 Å². The van der Waals surface area contributed by atoms with Gasteiger partial charge in [0.1, 0.15) is 5.75 Å². The fraction of sp³-hybridized carbons (Fsp3) is 0.167. The van der Waals surface area contributed by atoms with Crippen LogP contribution in [0.2, 0.25) is 0 Å². The minimum atomic E-state index is 0.656. The highest BCUT2D eigenvalue weighted by Crippen LogP contribution is 2.29. The van der Waals surface area contributed by atoms with Crippen LogP contribution in [0, 0.1) is 6.92 Å². The van der Waals surface area contributed by atoms with Gasteiger partial charge >= 0.3 is 0 Å². The molecule has 3 aromatic rings. The summed E-state index contributed by atoms with van der Waals surface area (Å²) in [6.07, 6.45) is 0. The van der Waals surface area contributed by atoms with Gasteiger partial charge in [0.05, 0.1) is 5.69 Å². The Hall–Kier alpha value is -2.39. The lowest BCUT2D eigenvalue weighted by Crippen LogP contribution is -2.07. The largest absolute Gasteiger partial charge is 0.438 e. The molecule has 3 heteroatoms. The second-order valence-electron chi connectivity index (χ2n) is 5.09. The molecule has 21 heavy (non-hydrogen) atoms. The number of aryl methyl sites for hydroxylation is 1. The lowest BCUT2D eigenvalue weighted by molar-refractivity contribution is 0.466. The van der Waals surface area contributed by atoms with E-state index in [0.29, 0.717) is 5.88 Å². The van der Waals surface area contributed by atoms with Crippen molar-refractivity contribution in [1.29, 1.82) is 0 Å². The maximum absolute atomic E-state index is 6.02. The predicted molar refractivity (Wildman–Crippen MR) is 85.8 cm³/mol. The molecule has 1 heterocycles. The van der Waals surface area contributed by atoms with Gasteiger partial charge in [-0.15, -0.1) is 0 Å². The van der Waals surface area contributed by atoms with Crippen molar-refractivity contribution in [3.05, 3.63) is 65.9 Å². The van der Waals surface area contributed by atoms with Crippen molar-refractivity contribution >= 4 is 10.8 Å². The molecule has 106 valence electrons. The molecule has 3 rings (SSSR count). The van der Waals surface area contributed by atoms with Crippen LogP contribution < -0.4 is 10.1 Å². The minimum Gasteiger partial charge on any atom is -0.438 e. The third-order valence-corrected chi connectivity index (χ3v) is 3.32. The summed E-state index contributed by atoms with van der Waals surface area (Å²) in [7, 11) is 1.91. The summed E-state index contributed by atoms with van der Waals surface area (Å²) in [6, 6.07) is 18.3. The van der Waals surface area contributed by atoms with Crippen LogP contribution in [-0.4, -0.2) is 12.0 Å². The van der Waals surface area contributed by atoms with E-state index in [0.717, 1.165) is 28.8 Å². The lowest BCUT2D eigenvalue weighted by Gasteiger charge is -2.11. The SMILES string of the molecule is CNCc1cc2ccccc2c(Oc2cccc(C)c2)n1. The van der Waals surface area contributed by atoms with E-state index in [9.17, 15) is 0 Å². The molecular formula is C18H18N2O. The number of hydrogen-bond donors (Lipinski definition) is 1. The van der Waals surface area contributed by atoms with Crippen molar-refractivity contribution in [2.75, 3.05) is 7.05 Å². The molecule has 0 saturated heterocycles. The highest BCUT2D eigenvalue weighted by Gasteiger charge is 2.08. The minimum absolute atomic E-state index is 0.656. The average Bonchev–Trinajstić information content (AvgIpc) is 2.48. The van der Waals surface area contributed by atoms with Gasteiger partial charge in [-0.05, 0) is 49.2 Å². The van der Waals surface area contributed by atoms with E-state index in [1.165, 1.54) is 5.56 Å². The summed E-state index contributed by atoms with van der Waals surface area (Å²) in [6.45, 7) is 2.77. The van der Waals surface area contributed by atoms with Crippen LogP contribution in [0.25, 0.3) is 10.8 Å². The normalized spacial score (nSPS) is 10.8. The number of ether oxygens (including phenoxy) is 1. The van der Waals surface area contributed by atoms with Gasteiger partial charge in [-0.1, -0.05) is 30.3 Å². The monoisotopic (exact) mass is 278 g/mol. The fourth-order valence-corrected chi connectivity index (χ4v) is 2.36. The van der Waals surface area contributed by atoms with E-state index in [-0.39, 0.29) is 0 Å². The Morgan fingerprint density at radius 2 is 1.90 bits per heavy atom. The molecule has 0 unspecified atom stereocenters. The van der Waals surface area contributed by atoms with Gasteiger partial charge in [0.15, 0.2) is 0 Å². The first-order valence-electron chi connectivity index (χ1n) is 7.04. The number of aromatic nitrogens is 1. The lowest BCUT2D eigenvalue weighted by atomic mass is 10.1. The highest BCUT2D eigenvalue weighted by molar-refractivity contribution is 5.87. The number of benzene rings is 2. The van der Waals surface area contributed by atoms with Crippen molar-refractivity contribution in [2.45, 2.75) is 13.5 Å². The van der Waals surface area contributed by atoms with Gasteiger partial charge in [-0.25, -0.2) is 4.98 Å². The molecule has 0 aliphatic carbocycles. The molecule has 1 aromatic heterocycles. The Balaban J connectivity index is 2.07. The maximum Gasteiger partial charge on any atom is 0.227 e. The van der Waals surface area contributed by atoms with Gasteiger partial charge in [0, 0.05) is 11.9 Å². The summed E-state index contributed by atoms with van der Waals surface area (Å²) < 4.78 is 6.02. The second kappa shape index (κ2) is 5.94. The average molecular weight is 278 g/mol. The molecule has 0 radical (unpaired) electrons. The van der Waals surface area contributed by atoms with Crippen molar-refractivity contribution in [3.8, 4) is 11.6 Å². The van der Waals surface area contributed by atoms with Crippen LogP contribution >= 0.6 is 0 Å². The van der Waals surface area contributed by atoms with Crippen LogP contribution in [-0.2, 0) is 6.54 Å². The molecular weight excluding hydrogens is 260 g/mol. The quantitative estimate of drug-likeness (QED) is 0.781. The summed E-state index contributed by atoms with van der Waals surface area (Å²) in [5.41, 5.74) is 2.14. The Kier molecular flexibility index (Phi) is 3.84. The number of nitrogens with zero attached hydrogens (tertiary/aromatic N) is 1. The van der Waals surface area contributed by atoms with Crippen LogP contribution in [0.1, 0.15) is 11.3 Å². The Labute approximate surface area is 124 Å². The number of nitrogens with one attached hydrogen (secondary N) is 1. The van der Waals surface area contributed by atoms with Gasteiger partial charge in [-0.3, -0.25) is 0 Å². The summed E-state index contributed by atoms with van der Waals surface area (Å²) in [5, 5.41) is 5.30. The Morgan fingerprint density at radius 1 is 1.05 bits per heavy atom. The van der Waals surface area contributed by atoms with Crippen molar-refractivity contribution in [3.63, 3.8) is 0 Å². The smallest absolute Gasteiger partial charge is 0.227 e. The van der Waals surface area contributed by atoms with Gasteiger partial charge in [0.2, 0.25) is 5.88 Å². The van der Waals surface area contributed by atoms with Crippen molar-refractivity contribution in [1.82, 2.24) is 10.3 Å². The molecule has 0 fully saturated rings. The Bertz CT molecular complexity index is 768. The van der Waals surface area contributed by atoms with Crippen LogP contribution in [0.5, 0.6) is 11.6 Å². The molecule has 2 aromatic carbocycles. The first kappa shape index (κ1) is 13.6. The van der Waals surface area contributed by atoms with Crippen molar-refractivity contribution in [2.24, 2.45) is 0 Å². The number of fused-ring (bicyclic) bond motifs is 1. The highest BCUT2D eigenvalue weighted by atomic mass is 16.5. The van der Waals surface area contributed by atoms with E-state index >= 15 is 0 Å². The molecule has 0 saturated carbocycles. The first-order chi connectivity index (χ1) is 10.3. The third kappa shape index (κ3) is 3.03. The summed E-state index contributed by atoms with van der Waals surface area (Å²) in [5.74, 6) is 1.47. The van der Waals surface area contributed by atoms with Crippen LogP contribution in [0.4, 0.5) is 0 Å². The summed E-state index contributed by atoms with van der Waals surface area (Å²) >= 11 is 0. The number of pyridine rings is 1. The molecule has 3 nitrogen and oxygen atoms in total. The van der Waals surface area contributed by atoms with E-state index in [2.05, 4.69) is 35.4 Å². The van der Waals surface area contributed by atoms with E-state index < -0.39 is 0 Å². The Morgan fingerprint density at radius 3 is 2.71 bits per heavy atom. The number of hydrogen-bond acceptors (Lipinski definition) is 3. The first-order valence-corrected chi connectivity index (χ1v) is 7.04. The standard InChI is InChI=1S/C18H18N2O/c1-13-6-5-8-16(10-13)21-18-17-9-4-3-7-14(17)11-15(20-18)12-19-2/h3-11,19H,12H2,1-2H3. The molecule has 0 amide bonds. The topological polar surface area (TPSA) is 34.1 Å².